The molecule has 0 unspecified atom stereocenters. The van der Waals surface area contributed by atoms with Gasteiger partial charge in [0, 0.05) is 13.1 Å². The summed E-state index contributed by atoms with van der Waals surface area (Å²) in [6.45, 7) is 0.847. The van der Waals surface area contributed by atoms with Crippen LogP contribution in [0.5, 0.6) is 5.75 Å². The molecule has 1 aliphatic rings. The summed E-state index contributed by atoms with van der Waals surface area (Å²) >= 11 is 0. The monoisotopic (exact) mass is 374 g/mol. The van der Waals surface area contributed by atoms with Gasteiger partial charge in [0.05, 0.1) is 31.2 Å². The van der Waals surface area contributed by atoms with E-state index in [1.54, 1.807) is 30.2 Å². The van der Waals surface area contributed by atoms with Crippen LogP contribution in [-0.4, -0.2) is 40.8 Å². The van der Waals surface area contributed by atoms with E-state index in [9.17, 15) is 13.2 Å². The minimum Gasteiger partial charge on any atom is -0.497 e. The van der Waals surface area contributed by atoms with E-state index in [0.29, 0.717) is 30.9 Å². The second kappa shape index (κ2) is 7.37. The van der Waals surface area contributed by atoms with Gasteiger partial charge < -0.3 is 9.64 Å². The average Bonchev–Trinajstić information content (AvgIpc) is 2.82. The zero-order valence-electron chi connectivity index (χ0n) is 14.9. The molecule has 0 aliphatic carbocycles. The topological polar surface area (TPSA) is 66.9 Å². The minimum absolute atomic E-state index is 0.0574. The first-order valence-corrected chi connectivity index (χ1v) is 10.2. The lowest BCUT2D eigenvalue weighted by Crippen LogP contribution is -2.32. The van der Waals surface area contributed by atoms with Gasteiger partial charge in [-0.1, -0.05) is 24.3 Å². The molecule has 0 atom stereocenters. The summed E-state index contributed by atoms with van der Waals surface area (Å²) in [6, 6.07) is 14.5. The fourth-order valence-electron chi connectivity index (χ4n) is 3.13. The summed E-state index contributed by atoms with van der Waals surface area (Å²) in [7, 11) is -1.80. The number of anilines is 2. The highest BCUT2D eigenvalue weighted by Crippen LogP contribution is 2.34. The Hall–Kier alpha value is -2.54. The number of para-hydroxylation sites is 2. The third-order valence-electron chi connectivity index (χ3n) is 4.40. The molecule has 0 N–H and O–H groups in total. The van der Waals surface area contributed by atoms with Crippen molar-refractivity contribution in [2.75, 3.05) is 35.7 Å². The maximum Gasteiger partial charge on any atom is 0.232 e. The van der Waals surface area contributed by atoms with Crippen molar-refractivity contribution in [2.24, 2.45) is 0 Å². The molecule has 2 aromatic carbocycles. The molecule has 3 rings (SSSR count). The second-order valence-electron chi connectivity index (χ2n) is 6.25. The summed E-state index contributed by atoms with van der Waals surface area (Å²) in [5.41, 5.74) is 2.07. The van der Waals surface area contributed by atoms with Gasteiger partial charge >= 0.3 is 0 Å². The highest BCUT2D eigenvalue weighted by molar-refractivity contribution is 7.92. The Morgan fingerprint density at radius 1 is 1.04 bits per heavy atom. The molecule has 0 radical (unpaired) electrons. The van der Waals surface area contributed by atoms with E-state index in [-0.39, 0.29) is 12.3 Å². The summed E-state index contributed by atoms with van der Waals surface area (Å²) < 4.78 is 30.8. The molecule has 1 heterocycles. The Bertz CT molecular complexity index is 894. The number of methoxy groups -OCH3 is 1. The number of fused-ring (bicyclic) bond motifs is 1. The van der Waals surface area contributed by atoms with Crippen molar-refractivity contribution >= 4 is 27.3 Å². The molecule has 0 saturated carbocycles. The smallest absolute Gasteiger partial charge is 0.232 e. The van der Waals surface area contributed by atoms with E-state index in [0.717, 1.165) is 11.3 Å². The number of sulfonamides is 1. The van der Waals surface area contributed by atoms with Crippen LogP contribution in [0.25, 0.3) is 0 Å². The fourth-order valence-corrected chi connectivity index (χ4v) is 4.11. The number of carbonyl (C=O) groups excluding carboxylic acids is 1. The number of nitrogens with zero attached hydrogens (tertiary/aromatic N) is 2. The maximum atomic E-state index is 12.9. The number of rotatable bonds is 4. The highest BCUT2D eigenvalue weighted by atomic mass is 32.2. The molecule has 1 amide bonds. The normalized spacial score (nSPS) is 14.5. The van der Waals surface area contributed by atoms with Gasteiger partial charge in [-0.3, -0.25) is 9.10 Å². The molecule has 7 heteroatoms. The summed E-state index contributed by atoms with van der Waals surface area (Å²) in [4.78, 5) is 14.6. The lowest BCUT2D eigenvalue weighted by molar-refractivity contribution is -0.118. The maximum absolute atomic E-state index is 12.9. The third kappa shape index (κ3) is 3.83. The van der Waals surface area contributed by atoms with E-state index < -0.39 is 10.0 Å². The molecule has 26 heavy (non-hydrogen) atoms. The van der Waals surface area contributed by atoms with Gasteiger partial charge in [-0.2, -0.15) is 0 Å². The second-order valence-corrected chi connectivity index (χ2v) is 8.15. The molecular weight excluding hydrogens is 352 g/mol. The van der Waals surface area contributed by atoms with Crippen molar-refractivity contribution in [1.29, 1.82) is 0 Å². The van der Waals surface area contributed by atoms with Crippen LogP contribution in [0.4, 0.5) is 11.4 Å². The van der Waals surface area contributed by atoms with Gasteiger partial charge in [-0.25, -0.2) is 8.42 Å². The lowest BCUT2D eigenvalue weighted by Gasteiger charge is -2.25. The summed E-state index contributed by atoms with van der Waals surface area (Å²) in [6.07, 6.45) is 2.02. The molecule has 0 spiro atoms. The van der Waals surface area contributed by atoms with Crippen molar-refractivity contribution in [3.8, 4) is 5.75 Å². The minimum atomic E-state index is -3.40. The molecule has 0 bridgehead atoms. The first kappa shape index (κ1) is 18.3. The molecule has 1 aliphatic heterocycles. The molecule has 2 aromatic rings. The molecule has 0 fully saturated rings. The average molecular weight is 374 g/mol. The molecule has 138 valence electrons. The Labute approximate surface area is 154 Å². The standard InChI is InChI=1S/C19H22N2O4S/c1-25-16-10-8-15(9-11-16)14-19(22)20-12-5-13-21(26(2,23)24)18-7-4-3-6-17(18)20/h3-4,6-11H,5,12-14H2,1-2H3. The zero-order chi connectivity index (χ0) is 18.7. The number of ether oxygens (including phenoxy) is 1. The van der Waals surface area contributed by atoms with Gasteiger partial charge in [-0.05, 0) is 36.2 Å². The van der Waals surface area contributed by atoms with Crippen molar-refractivity contribution in [2.45, 2.75) is 12.8 Å². The predicted molar refractivity (Wildman–Crippen MR) is 102 cm³/mol. The summed E-state index contributed by atoms with van der Waals surface area (Å²) in [5, 5.41) is 0. The van der Waals surface area contributed by atoms with Gasteiger partial charge in [0.2, 0.25) is 15.9 Å². The third-order valence-corrected chi connectivity index (χ3v) is 5.58. The van der Waals surface area contributed by atoms with Crippen LogP contribution in [0.2, 0.25) is 0 Å². The number of hydrogen-bond donors (Lipinski definition) is 0. The van der Waals surface area contributed by atoms with Crippen LogP contribution in [0.3, 0.4) is 0 Å². The Balaban J connectivity index is 1.89. The lowest BCUT2D eigenvalue weighted by atomic mass is 10.1. The van der Waals surface area contributed by atoms with Crippen molar-refractivity contribution in [3.63, 3.8) is 0 Å². The van der Waals surface area contributed by atoms with E-state index in [2.05, 4.69) is 0 Å². The number of benzene rings is 2. The Morgan fingerprint density at radius 2 is 1.69 bits per heavy atom. The summed E-state index contributed by atoms with van der Waals surface area (Å²) in [5.74, 6) is 0.683. The molecule has 0 saturated heterocycles. The van der Waals surface area contributed by atoms with E-state index in [1.165, 1.54) is 10.6 Å². The van der Waals surface area contributed by atoms with Crippen LogP contribution in [0, 0.1) is 0 Å². The van der Waals surface area contributed by atoms with Crippen LogP contribution in [-0.2, 0) is 21.2 Å². The quantitative estimate of drug-likeness (QED) is 0.824. The number of carbonyl (C=O) groups is 1. The van der Waals surface area contributed by atoms with Crippen molar-refractivity contribution in [3.05, 3.63) is 54.1 Å². The molecule has 6 nitrogen and oxygen atoms in total. The van der Waals surface area contributed by atoms with E-state index in [4.69, 9.17) is 4.74 Å². The zero-order valence-corrected chi connectivity index (χ0v) is 15.7. The fraction of sp³-hybridized carbons (Fsp3) is 0.316. The molecular formula is C19H22N2O4S. The van der Waals surface area contributed by atoms with Crippen LogP contribution in [0.15, 0.2) is 48.5 Å². The Morgan fingerprint density at radius 3 is 2.31 bits per heavy atom. The molecule has 0 aromatic heterocycles. The van der Waals surface area contributed by atoms with Gasteiger partial charge in [0.1, 0.15) is 5.75 Å². The largest absolute Gasteiger partial charge is 0.497 e. The first-order chi connectivity index (χ1) is 12.4. The van der Waals surface area contributed by atoms with Crippen LogP contribution >= 0.6 is 0 Å². The van der Waals surface area contributed by atoms with Gasteiger partial charge in [0.25, 0.3) is 0 Å². The number of hydrogen-bond acceptors (Lipinski definition) is 4. The van der Waals surface area contributed by atoms with Crippen molar-refractivity contribution < 1.29 is 17.9 Å². The van der Waals surface area contributed by atoms with Crippen LogP contribution < -0.4 is 13.9 Å². The van der Waals surface area contributed by atoms with E-state index in [1.807, 2.05) is 30.3 Å². The number of amides is 1. The van der Waals surface area contributed by atoms with Gasteiger partial charge in [0.15, 0.2) is 0 Å². The predicted octanol–water partition coefficient (Wildman–Crippen LogP) is 2.44. The van der Waals surface area contributed by atoms with E-state index >= 15 is 0 Å². The van der Waals surface area contributed by atoms with Gasteiger partial charge in [-0.15, -0.1) is 0 Å². The first-order valence-electron chi connectivity index (χ1n) is 8.40. The van der Waals surface area contributed by atoms with Crippen molar-refractivity contribution in [1.82, 2.24) is 0 Å². The van der Waals surface area contributed by atoms with Crippen LogP contribution in [0.1, 0.15) is 12.0 Å². The SMILES string of the molecule is COc1ccc(CC(=O)N2CCCN(S(C)(=O)=O)c3ccccc32)cc1. The Kier molecular flexibility index (Phi) is 5.18. The highest BCUT2D eigenvalue weighted by Gasteiger charge is 2.28.